The predicted molar refractivity (Wildman–Crippen MR) is 109 cm³/mol. The van der Waals surface area contributed by atoms with Crippen molar-refractivity contribution in [3.05, 3.63) is 83.9 Å². The number of aromatic carboxylic acids is 1. The number of carboxylic acid groups (broad SMARTS) is 1. The Morgan fingerprint density at radius 2 is 1.68 bits per heavy atom. The third-order valence-corrected chi connectivity index (χ3v) is 4.31. The molecule has 0 saturated heterocycles. The summed E-state index contributed by atoms with van der Waals surface area (Å²) in [5.74, 6) is -0.941. The first-order valence-corrected chi connectivity index (χ1v) is 9.01. The molecule has 0 aliphatic rings. The number of carbonyl (C=O) groups is 2. The molecule has 3 aromatic carbocycles. The van der Waals surface area contributed by atoms with Gasteiger partial charge in [0, 0.05) is 6.42 Å². The van der Waals surface area contributed by atoms with Crippen LogP contribution in [0.3, 0.4) is 0 Å². The summed E-state index contributed by atoms with van der Waals surface area (Å²) in [4.78, 5) is 23.1. The number of benzene rings is 3. The second kappa shape index (κ2) is 8.86. The van der Waals surface area contributed by atoms with E-state index in [2.05, 4.69) is 5.32 Å². The number of carbonyl (C=O) groups excluding carboxylic acids is 1. The highest BCUT2D eigenvalue weighted by Gasteiger charge is 2.14. The first-order chi connectivity index (χ1) is 13.6. The van der Waals surface area contributed by atoms with Gasteiger partial charge >= 0.3 is 5.97 Å². The van der Waals surface area contributed by atoms with E-state index < -0.39 is 5.97 Å². The lowest BCUT2D eigenvalue weighted by atomic mass is 10.0. The van der Waals surface area contributed by atoms with Gasteiger partial charge in [-0.05, 0) is 34.9 Å². The van der Waals surface area contributed by atoms with E-state index in [4.69, 9.17) is 4.74 Å². The maximum absolute atomic E-state index is 11.6. The summed E-state index contributed by atoms with van der Waals surface area (Å²) in [6.07, 6.45) is 0.271. The maximum Gasteiger partial charge on any atom is 0.337 e. The van der Waals surface area contributed by atoms with Crippen molar-refractivity contribution in [1.82, 2.24) is 0 Å². The van der Waals surface area contributed by atoms with Gasteiger partial charge in [-0.15, -0.1) is 0 Å². The van der Waals surface area contributed by atoms with Crippen molar-refractivity contribution in [2.45, 2.75) is 20.0 Å². The Labute approximate surface area is 163 Å². The fourth-order valence-electron chi connectivity index (χ4n) is 2.84. The highest BCUT2D eigenvalue weighted by molar-refractivity contribution is 6.00. The molecule has 0 fully saturated rings. The Morgan fingerprint density at radius 3 is 2.39 bits per heavy atom. The molecule has 3 aromatic rings. The van der Waals surface area contributed by atoms with Gasteiger partial charge in [-0.25, -0.2) is 4.79 Å². The van der Waals surface area contributed by atoms with E-state index in [9.17, 15) is 14.7 Å². The van der Waals surface area contributed by atoms with Crippen LogP contribution in [0, 0.1) is 0 Å². The molecule has 0 atom stereocenters. The van der Waals surface area contributed by atoms with Crippen molar-refractivity contribution in [1.29, 1.82) is 0 Å². The Hall–Kier alpha value is -3.60. The molecular weight excluding hydrogens is 354 g/mol. The summed E-state index contributed by atoms with van der Waals surface area (Å²) in [5, 5.41) is 12.0. The van der Waals surface area contributed by atoms with Crippen LogP contribution in [0.15, 0.2) is 72.8 Å². The number of anilines is 1. The van der Waals surface area contributed by atoms with Crippen LogP contribution in [-0.2, 0) is 11.4 Å². The first-order valence-electron chi connectivity index (χ1n) is 9.01. The molecule has 0 aromatic heterocycles. The molecule has 2 N–H and O–H groups in total. The summed E-state index contributed by atoms with van der Waals surface area (Å²) in [7, 11) is 0. The van der Waals surface area contributed by atoms with Gasteiger partial charge in [-0.2, -0.15) is 0 Å². The minimum atomic E-state index is -1.12. The normalized spacial score (nSPS) is 10.3. The Kier molecular flexibility index (Phi) is 6.07. The zero-order chi connectivity index (χ0) is 19.9. The van der Waals surface area contributed by atoms with Crippen LogP contribution in [0.4, 0.5) is 5.69 Å². The predicted octanol–water partition coefficient (Wildman–Crippen LogP) is 4.98. The lowest BCUT2D eigenvalue weighted by Crippen LogP contribution is -2.13. The Morgan fingerprint density at radius 1 is 0.964 bits per heavy atom. The average Bonchev–Trinajstić information content (AvgIpc) is 2.73. The van der Waals surface area contributed by atoms with E-state index in [1.54, 1.807) is 19.1 Å². The fraction of sp³-hybridized carbons (Fsp3) is 0.130. The van der Waals surface area contributed by atoms with E-state index in [-0.39, 0.29) is 23.6 Å². The molecule has 0 radical (unpaired) electrons. The number of hydrogen-bond acceptors (Lipinski definition) is 3. The smallest absolute Gasteiger partial charge is 0.337 e. The number of nitrogens with one attached hydrogen (secondary N) is 1. The van der Waals surface area contributed by atoms with Gasteiger partial charge in [0.25, 0.3) is 0 Å². The van der Waals surface area contributed by atoms with E-state index >= 15 is 0 Å². The van der Waals surface area contributed by atoms with Gasteiger partial charge in [-0.3, -0.25) is 4.79 Å². The van der Waals surface area contributed by atoms with Crippen LogP contribution in [0.25, 0.3) is 11.1 Å². The molecule has 0 bridgehead atoms. The molecule has 0 spiro atoms. The molecule has 3 rings (SSSR count). The second-order valence-electron chi connectivity index (χ2n) is 6.23. The molecule has 28 heavy (non-hydrogen) atoms. The van der Waals surface area contributed by atoms with Crippen molar-refractivity contribution >= 4 is 17.6 Å². The van der Waals surface area contributed by atoms with Crippen molar-refractivity contribution in [3.63, 3.8) is 0 Å². The molecule has 0 aliphatic heterocycles. The third kappa shape index (κ3) is 4.57. The van der Waals surface area contributed by atoms with Gasteiger partial charge in [0.15, 0.2) is 0 Å². The van der Waals surface area contributed by atoms with Crippen LogP contribution in [-0.4, -0.2) is 17.0 Å². The van der Waals surface area contributed by atoms with Crippen LogP contribution < -0.4 is 10.1 Å². The van der Waals surface area contributed by atoms with Gasteiger partial charge < -0.3 is 15.2 Å². The lowest BCUT2D eigenvalue weighted by Gasteiger charge is -2.13. The van der Waals surface area contributed by atoms with E-state index in [1.165, 1.54) is 6.07 Å². The van der Waals surface area contributed by atoms with Gasteiger partial charge in [0.1, 0.15) is 12.4 Å². The zero-order valence-electron chi connectivity index (χ0n) is 15.5. The van der Waals surface area contributed by atoms with Crippen LogP contribution in [0.5, 0.6) is 5.75 Å². The number of ether oxygens (including phenoxy) is 1. The van der Waals surface area contributed by atoms with Crippen LogP contribution in [0.2, 0.25) is 0 Å². The summed E-state index contributed by atoms with van der Waals surface area (Å²) in [6.45, 7) is 2.00. The van der Waals surface area contributed by atoms with Crippen LogP contribution in [0.1, 0.15) is 29.3 Å². The number of hydrogen-bond donors (Lipinski definition) is 2. The molecule has 0 unspecified atom stereocenters. The third-order valence-electron chi connectivity index (χ3n) is 4.31. The van der Waals surface area contributed by atoms with Gasteiger partial charge in [0.2, 0.25) is 5.91 Å². The summed E-state index contributed by atoms with van der Waals surface area (Å²) in [6, 6.07) is 22.6. The summed E-state index contributed by atoms with van der Waals surface area (Å²) >= 11 is 0. The first kappa shape index (κ1) is 19.2. The molecule has 0 heterocycles. The zero-order valence-corrected chi connectivity index (χ0v) is 15.5. The van der Waals surface area contributed by atoms with Crippen molar-refractivity contribution in [2.75, 3.05) is 5.32 Å². The molecule has 5 nitrogen and oxygen atoms in total. The SMILES string of the molecule is CCC(=O)Nc1ccc(OCc2ccccc2-c2ccccc2)cc1C(=O)O. The topological polar surface area (TPSA) is 75.6 Å². The lowest BCUT2D eigenvalue weighted by molar-refractivity contribution is -0.115. The molecular formula is C23H21NO4. The minimum absolute atomic E-state index is 0.00403. The second-order valence-corrected chi connectivity index (χ2v) is 6.23. The van der Waals surface area contributed by atoms with Gasteiger partial charge in [0.05, 0.1) is 11.3 Å². The number of carboxylic acids is 1. The largest absolute Gasteiger partial charge is 0.489 e. The minimum Gasteiger partial charge on any atom is -0.489 e. The van der Waals surface area contributed by atoms with E-state index in [0.717, 1.165) is 16.7 Å². The van der Waals surface area contributed by atoms with Gasteiger partial charge in [-0.1, -0.05) is 61.5 Å². The van der Waals surface area contributed by atoms with Crippen molar-refractivity contribution in [3.8, 4) is 16.9 Å². The molecule has 1 amide bonds. The summed E-state index contributed by atoms with van der Waals surface area (Å²) in [5.41, 5.74) is 3.40. The summed E-state index contributed by atoms with van der Waals surface area (Å²) < 4.78 is 5.86. The highest BCUT2D eigenvalue weighted by atomic mass is 16.5. The van der Waals surface area contributed by atoms with E-state index in [1.807, 2.05) is 54.6 Å². The molecule has 0 saturated carbocycles. The molecule has 142 valence electrons. The van der Waals surface area contributed by atoms with Crippen molar-refractivity contribution < 1.29 is 19.4 Å². The van der Waals surface area contributed by atoms with Crippen LogP contribution >= 0.6 is 0 Å². The Bertz CT molecular complexity index is 983. The molecule has 0 aliphatic carbocycles. The number of amides is 1. The fourth-order valence-corrected chi connectivity index (χ4v) is 2.84. The Balaban J connectivity index is 1.81. The standard InChI is InChI=1S/C23H21NO4/c1-2-22(25)24-21-13-12-18(14-20(21)23(26)27)28-15-17-10-6-7-11-19(17)16-8-4-3-5-9-16/h3-14H,2,15H2,1H3,(H,24,25)(H,26,27). The monoisotopic (exact) mass is 375 g/mol. The van der Waals surface area contributed by atoms with E-state index in [0.29, 0.717) is 12.4 Å². The maximum atomic E-state index is 11.6. The quantitative estimate of drug-likeness (QED) is 0.611. The highest BCUT2D eigenvalue weighted by Crippen LogP contribution is 2.27. The molecule has 5 heteroatoms. The van der Waals surface area contributed by atoms with Crippen molar-refractivity contribution in [2.24, 2.45) is 0 Å². The average molecular weight is 375 g/mol. The number of rotatable bonds is 7.